The minimum absolute atomic E-state index is 0.0370. The van der Waals surface area contributed by atoms with Gasteiger partial charge in [-0.2, -0.15) is 0 Å². The van der Waals surface area contributed by atoms with Crippen LogP contribution in [0, 0.1) is 5.92 Å². The maximum absolute atomic E-state index is 13.1. The summed E-state index contributed by atoms with van der Waals surface area (Å²) in [4.78, 5) is 17.1. The highest BCUT2D eigenvalue weighted by molar-refractivity contribution is 5.99. The van der Waals surface area contributed by atoms with Crippen LogP contribution in [0.3, 0.4) is 0 Å². The molecule has 0 atom stereocenters. The van der Waals surface area contributed by atoms with Gasteiger partial charge in [0.25, 0.3) is 5.91 Å². The second kappa shape index (κ2) is 8.02. The molecule has 1 aliphatic rings. The van der Waals surface area contributed by atoms with E-state index in [2.05, 4.69) is 17.1 Å². The Hall–Kier alpha value is -1.85. The third-order valence-corrected chi connectivity index (χ3v) is 4.95. The molecular weight excluding hydrogens is 314 g/mol. The number of nitrogens with zero attached hydrogens (tertiary/aromatic N) is 2. The van der Waals surface area contributed by atoms with Crippen LogP contribution in [0.2, 0.25) is 0 Å². The quantitative estimate of drug-likeness (QED) is 0.876. The molecule has 1 N–H and O–H groups in total. The molecule has 0 unspecified atom stereocenters. The Labute approximate surface area is 150 Å². The first kappa shape index (κ1) is 18.0. The van der Waals surface area contributed by atoms with Crippen molar-refractivity contribution in [1.82, 2.24) is 15.1 Å². The number of piperidine rings is 1. The van der Waals surface area contributed by atoms with Crippen LogP contribution < -0.4 is 5.32 Å². The number of fused-ring (bicyclic) bond motifs is 1. The maximum Gasteiger partial charge on any atom is 0.289 e. The summed E-state index contributed by atoms with van der Waals surface area (Å²) in [6.07, 6.45) is 2.12. The van der Waals surface area contributed by atoms with Gasteiger partial charge in [-0.25, -0.2) is 0 Å². The molecule has 1 saturated heterocycles. The first-order valence-corrected chi connectivity index (χ1v) is 9.25. The minimum Gasteiger partial charge on any atom is -0.451 e. The van der Waals surface area contributed by atoms with Crippen LogP contribution in [0.15, 0.2) is 28.7 Å². The summed E-state index contributed by atoms with van der Waals surface area (Å²) in [7, 11) is 4.03. The van der Waals surface area contributed by atoms with Crippen LogP contribution in [-0.2, 0) is 6.54 Å². The second-order valence-electron chi connectivity index (χ2n) is 7.19. The molecule has 0 bridgehead atoms. The van der Waals surface area contributed by atoms with Crippen LogP contribution in [0.25, 0.3) is 11.0 Å². The number of furan rings is 1. The number of para-hydroxylation sites is 1. The number of rotatable bonds is 6. The van der Waals surface area contributed by atoms with Crippen molar-refractivity contribution in [3.8, 4) is 0 Å². The monoisotopic (exact) mass is 343 g/mol. The predicted molar refractivity (Wildman–Crippen MR) is 101 cm³/mol. The van der Waals surface area contributed by atoms with Crippen molar-refractivity contribution in [3.05, 3.63) is 35.6 Å². The van der Waals surface area contributed by atoms with Gasteiger partial charge in [0.05, 0.1) is 0 Å². The van der Waals surface area contributed by atoms with E-state index in [1.807, 2.05) is 43.3 Å². The van der Waals surface area contributed by atoms with E-state index in [0.717, 1.165) is 55.6 Å². The summed E-state index contributed by atoms with van der Waals surface area (Å²) < 4.78 is 5.98. The number of hydrogen-bond acceptors (Lipinski definition) is 4. The van der Waals surface area contributed by atoms with E-state index in [0.29, 0.717) is 18.2 Å². The Kier molecular flexibility index (Phi) is 5.76. The Balaban J connectivity index is 1.78. The van der Waals surface area contributed by atoms with E-state index in [1.54, 1.807) is 0 Å². The number of amides is 1. The molecule has 1 fully saturated rings. The van der Waals surface area contributed by atoms with Gasteiger partial charge < -0.3 is 19.5 Å². The molecule has 1 aromatic carbocycles. The molecule has 1 aliphatic heterocycles. The molecule has 3 rings (SSSR count). The molecule has 0 radical (unpaired) electrons. The Morgan fingerprint density at radius 3 is 2.68 bits per heavy atom. The summed E-state index contributed by atoms with van der Waals surface area (Å²) in [5.74, 6) is 1.22. The van der Waals surface area contributed by atoms with E-state index in [1.165, 1.54) is 0 Å². The van der Waals surface area contributed by atoms with Gasteiger partial charge in [0, 0.05) is 30.6 Å². The summed E-state index contributed by atoms with van der Waals surface area (Å²) in [5.41, 5.74) is 1.80. The van der Waals surface area contributed by atoms with Gasteiger partial charge in [-0.15, -0.1) is 0 Å². The average molecular weight is 343 g/mol. The van der Waals surface area contributed by atoms with E-state index < -0.39 is 0 Å². The fourth-order valence-electron chi connectivity index (χ4n) is 3.58. The maximum atomic E-state index is 13.1. The van der Waals surface area contributed by atoms with E-state index >= 15 is 0 Å². The highest BCUT2D eigenvalue weighted by Gasteiger charge is 2.28. The lowest BCUT2D eigenvalue weighted by Crippen LogP contribution is -2.41. The lowest BCUT2D eigenvalue weighted by atomic mass is 9.96. The van der Waals surface area contributed by atoms with Crippen molar-refractivity contribution in [2.45, 2.75) is 26.3 Å². The van der Waals surface area contributed by atoms with Gasteiger partial charge in [0.15, 0.2) is 5.76 Å². The summed E-state index contributed by atoms with van der Waals surface area (Å²) in [6.45, 7) is 6.52. The van der Waals surface area contributed by atoms with Gasteiger partial charge in [-0.3, -0.25) is 4.79 Å². The van der Waals surface area contributed by atoms with Crippen LogP contribution in [0.1, 0.15) is 35.9 Å². The Bertz CT molecular complexity index is 715. The highest BCUT2D eigenvalue weighted by Crippen LogP contribution is 2.29. The van der Waals surface area contributed by atoms with Crippen molar-refractivity contribution in [1.29, 1.82) is 0 Å². The third kappa shape index (κ3) is 4.05. The van der Waals surface area contributed by atoms with Gasteiger partial charge >= 0.3 is 0 Å². The fraction of sp³-hybridized carbons (Fsp3) is 0.550. The molecule has 5 nitrogen and oxygen atoms in total. The average Bonchev–Trinajstić information content (AvgIpc) is 2.98. The number of nitrogens with one attached hydrogen (secondary N) is 1. The summed E-state index contributed by atoms with van der Waals surface area (Å²) in [5, 5.41) is 4.46. The zero-order valence-electron chi connectivity index (χ0n) is 15.5. The van der Waals surface area contributed by atoms with E-state index in [-0.39, 0.29) is 5.91 Å². The van der Waals surface area contributed by atoms with Gasteiger partial charge in [-0.1, -0.05) is 25.1 Å². The zero-order valence-corrected chi connectivity index (χ0v) is 15.5. The molecule has 2 heterocycles. The smallest absolute Gasteiger partial charge is 0.289 e. The first-order valence-electron chi connectivity index (χ1n) is 9.25. The highest BCUT2D eigenvalue weighted by atomic mass is 16.3. The van der Waals surface area contributed by atoms with Gasteiger partial charge in [-0.05, 0) is 52.0 Å². The number of carbonyl (C=O) groups excluding carboxylic acids is 1. The van der Waals surface area contributed by atoms with Crippen molar-refractivity contribution in [2.75, 3.05) is 40.3 Å². The van der Waals surface area contributed by atoms with Crippen LogP contribution in [-0.4, -0.2) is 56.0 Å². The lowest BCUT2D eigenvalue weighted by molar-refractivity contribution is 0.0658. The third-order valence-electron chi connectivity index (χ3n) is 4.95. The molecule has 136 valence electrons. The van der Waals surface area contributed by atoms with Gasteiger partial charge in [0.1, 0.15) is 5.58 Å². The lowest BCUT2D eigenvalue weighted by Gasteiger charge is -2.31. The van der Waals surface area contributed by atoms with E-state index in [4.69, 9.17) is 4.42 Å². The van der Waals surface area contributed by atoms with Gasteiger partial charge in [0.2, 0.25) is 0 Å². The van der Waals surface area contributed by atoms with Crippen molar-refractivity contribution in [3.63, 3.8) is 0 Å². The molecule has 0 saturated carbocycles. The predicted octanol–water partition coefficient (Wildman–Crippen LogP) is 2.96. The number of carbonyl (C=O) groups is 1. The minimum atomic E-state index is 0.0370. The summed E-state index contributed by atoms with van der Waals surface area (Å²) in [6, 6.07) is 7.92. The molecule has 2 aromatic rings. The molecule has 1 amide bonds. The Morgan fingerprint density at radius 1 is 1.28 bits per heavy atom. The number of benzene rings is 1. The van der Waals surface area contributed by atoms with Crippen LogP contribution in [0.4, 0.5) is 0 Å². The number of hydrogen-bond donors (Lipinski definition) is 1. The molecule has 25 heavy (non-hydrogen) atoms. The molecular formula is C20H29N3O2. The topological polar surface area (TPSA) is 48.7 Å². The van der Waals surface area contributed by atoms with Crippen LogP contribution in [0.5, 0.6) is 0 Å². The molecule has 5 heteroatoms. The number of likely N-dealkylation sites (tertiary alicyclic amines) is 1. The van der Waals surface area contributed by atoms with Crippen molar-refractivity contribution >= 4 is 16.9 Å². The van der Waals surface area contributed by atoms with E-state index in [9.17, 15) is 4.79 Å². The Morgan fingerprint density at radius 2 is 2.00 bits per heavy atom. The molecule has 0 spiro atoms. The molecule has 0 aliphatic carbocycles. The molecule has 1 aromatic heterocycles. The van der Waals surface area contributed by atoms with Crippen LogP contribution >= 0.6 is 0 Å². The largest absolute Gasteiger partial charge is 0.451 e. The normalized spacial score (nSPS) is 16.1. The zero-order chi connectivity index (χ0) is 17.8. The van der Waals surface area contributed by atoms with Crippen molar-refractivity contribution in [2.24, 2.45) is 5.92 Å². The fourth-order valence-corrected chi connectivity index (χ4v) is 3.58. The first-order chi connectivity index (χ1) is 12.1. The summed E-state index contributed by atoms with van der Waals surface area (Å²) >= 11 is 0. The standard InChI is InChI=1S/C20H29N3O2/c1-4-21-13-15-9-11-23(12-10-15)20(24)19-17(14-22(2)3)16-7-5-6-8-18(16)25-19/h5-8,15,21H,4,9-14H2,1-3H3. The van der Waals surface area contributed by atoms with Crippen molar-refractivity contribution < 1.29 is 9.21 Å². The second-order valence-corrected chi connectivity index (χ2v) is 7.19. The SMILES string of the molecule is CCNCC1CCN(C(=O)c2oc3ccccc3c2CN(C)C)CC1.